The maximum atomic E-state index is 11.6. The lowest BCUT2D eigenvalue weighted by Gasteiger charge is -2.49. The van der Waals surface area contributed by atoms with Gasteiger partial charge in [0.15, 0.2) is 12.1 Å². The fraction of sp³-hybridized carbons (Fsp3) is 0.611. The lowest BCUT2D eigenvalue weighted by molar-refractivity contribution is -0.369. The lowest BCUT2D eigenvalue weighted by atomic mass is 9.95. The summed E-state index contributed by atoms with van der Waals surface area (Å²) in [6.07, 6.45) is -2.83. The van der Waals surface area contributed by atoms with Crippen LogP contribution in [0.25, 0.3) is 0 Å². The molecule has 5 atom stereocenters. The molecule has 7 nitrogen and oxygen atoms in total. The van der Waals surface area contributed by atoms with E-state index in [2.05, 4.69) is 5.32 Å². The van der Waals surface area contributed by atoms with Gasteiger partial charge in [0, 0.05) is 6.92 Å². The largest absolute Gasteiger partial charge is 0.388 e. The molecule has 138 valence electrons. The molecule has 2 saturated heterocycles. The molecule has 0 aromatic heterocycles. The van der Waals surface area contributed by atoms with Crippen molar-refractivity contribution >= 4 is 5.91 Å². The van der Waals surface area contributed by atoms with Crippen molar-refractivity contribution in [1.29, 1.82) is 0 Å². The number of hydrogen-bond acceptors (Lipinski definition) is 6. The van der Waals surface area contributed by atoms with Gasteiger partial charge in [-0.3, -0.25) is 4.79 Å². The molecule has 0 radical (unpaired) electrons. The number of aliphatic hydroxyl groups is 1. The van der Waals surface area contributed by atoms with Gasteiger partial charge in [-0.2, -0.15) is 0 Å². The van der Waals surface area contributed by atoms with E-state index in [0.717, 1.165) is 5.56 Å². The Hall–Kier alpha value is -1.51. The van der Waals surface area contributed by atoms with Gasteiger partial charge in [-0.05, 0) is 19.4 Å². The van der Waals surface area contributed by atoms with E-state index in [9.17, 15) is 9.90 Å². The summed E-state index contributed by atoms with van der Waals surface area (Å²) < 4.78 is 23.2. The second kappa shape index (κ2) is 7.39. The van der Waals surface area contributed by atoms with Gasteiger partial charge in [-0.15, -0.1) is 0 Å². The Morgan fingerprint density at radius 2 is 2.08 bits per heavy atom. The number of fused-ring (bicyclic) bond motifs is 1. The van der Waals surface area contributed by atoms with Crippen molar-refractivity contribution in [3.05, 3.63) is 35.9 Å². The molecule has 3 rings (SSSR count). The molecular formula is C18H25NO6. The number of aliphatic hydroxyl groups excluding tert-OH is 1. The molecule has 1 aromatic rings. The Balaban J connectivity index is 1.73. The minimum Gasteiger partial charge on any atom is -0.388 e. The van der Waals surface area contributed by atoms with Crippen molar-refractivity contribution in [3.8, 4) is 0 Å². The SMILES string of the molecule is CC(=O)N[C@@H]1[C@H](OCc2ccccc2)O[C@@H]2COC(C)(C)O[C@@H]2[C@@H]1O. The second-order valence-corrected chi connectivity index (χ2v) is 6.85. The third kappa shape index (κ3) is 4.37. The number of ether oxygens (including phenoxy) is 4. The van der Waals surface area contributed by atoms with Crippen LogP contribution in [0.1, 0.15) is 26.3 Å². The van der Waals surface area contributed by atoms with Crippen molar-refractivity contribution in [3.63, 3.8) is 0 Å². The van der Waals surface area contributed by atoms with E-state index in [1.165, 1.54) is 6.92 Å². The van der Waals surface area contributed by atoms with Crippen LogP contribution in [-0.2, 0) is 30.3 Å². The summed E-state index contributed by atoms with van der Waals surface area (Å²) in [6, 6.07) is 8.91. The first-order valence-electron chi connectivity index (χ1n) is 8.44. The molecule has 2 fully saturated rings. The highest BCUT2D eigenvalue weighted by molar-refractivity contribution is 5.73. The molecule has 1 amide bonds. The molecule has 1 aromatic carbocycles. The molecule has 2 aliphatic heterocycles. The fourth-order valence-electron chi connectivity index (χ4n) is 3.13. The monoisotopic (exact) mass is 351 g/mol. The van der Waals surface area contributed by atoms with Gasteiger partial charge >= 0.3 is 0 Å². The van der Waals surface area contributed by atoms with Crippen LogP contribution in [0.3, 0.4) is 0 Å². The van der Waals surface area contributed by atoms with Gasteiger partial charge < -0.3 is 29.4 Å². The standard InChI is InChI=1S/C18H25NO6/c1-11(20)19-14-15(21)16-13(10-23-18(2,3)25-16)24-17(14)22-9-12-7-5-4-6-8-12/h4-8,13-17,21H,9-10H2,1-3H3,(H,19,20)/t13-,14+,15-,16+,17-/m1/s1. The van der Waals surface area contributed by atoms with Gasteiger partial charge in [0.1, 0.15) is 24.4 Å². The van der Waals surface area contributed by atoms with Crippen LogP contribution >= 0.6 is 0 Å². The van der Waals surface area contributed by atoms with E-state index >= 15 is 0 Å². The maximum Gasteiger partial charge on any atom is 0.217 e. The quantitative estimate of drug-likeness (QED) is 0.840. The third-order valence-electron chi connectivity index (χ3n) is 4.32. The molecule has 0 bridgehead atoms. The van der Waals surface area contributed by atoms with Crippen LogP contribution in [0.5, 0.6) is 0 Å². The zero-order valence-corrected chi connectivity index (χ0v) is 14.7. The van der Waals surface area contributed by atoms with E-state index < -0.39 is 36.4 Å². The van der Waals surface area contributed by atoms with E-state index in [0.29, 0.717) is 6.61 Å². The molecule has 7 heteroatoms. The van der Waals surface area contributed by atoms with Crippen molar-refractivity contribution in [2.45, 2.75) is 63.8 Å². The van der Waals surface area contributed by atoms with Crippen LogP contribution in [0.4, 0.5) is 0 Å². The number of benzene rings is 1. The van der Waals surface area contributed by atoms with Crippen LogP contribution in [-0.4, -0.2) is 54.1 Å². The first-order chi connectivity index (χ1) is 11.9. The molecule has 0 aliphatic carbocycles. The Kier molecular flexibility index (Phi) is 5.41. The van der Waals surface area contributed by atoms with E-state index in [-0.39, 0.29) is 12.5 Å². The number of nitrogens with one attached hydrogen (secondary N) is 1. The van der Waals surface area contributed by atoms with Gasteiger partial charge in [0.25, 0.3) is 0 Å². The molecule has 0 spiro atoms. The number of amides is 1. The number of rotatable bonds is 4. The molecule has 2 N–H and O–H groups in total. The first kappa shape index (κ1) is 18.3. The summed E-state index contributed by atoms with van der Waals surface area (Å²) >= 11 is 0. The Morgan fingerprint density at radius 3 is 2.76 bits per heavy atom. The Labute approximate surface area is 147 Å². The lowest BCUT2D eigenvalue weighted by Crippen LogP contribution is -2.68. The molecule has 2 aliphatic rings. The van der Waals surface area contributed by atoms with Gasteiger partial charge in [0.05, 0.1) is 13.2 Å². The summed E-state index contributed by atoms with van der Waals surface area (Å²) in [5.74, 6) is -1.09. The van der Waals surface area contributed by atoms with Crippen molar-refractivity contribution < 1.29 is 28.8 Å². The molecule has 0 saturated carbocycles. The molecule has 2 heterocycles. The smallest absolute Gasteiger partial charge is 0.217 e. The zero-order valence-electron chi connectivity index (χ0n) is 14.7. The summed E-state index contributed by atoms with van der Waals surface area (Å²) in [6.45, 7) is 5.54. The first-order valence-corrected chi connectivity index (χ1v) is 8.44. The minimum atomic E-state index is -0.966. The summed E-state index contributed by atoms with van der Waals surface area (Å²) in [5, 5.41) is 13.5. The van der Waals surface area contributed by atoms with E-state index in [1.807, 2.05) is 30.3 Å². The highest BCUT2D eigenvalue weighted by Gasteiger charge is 2.51. The number of carbonyl (C=O) groups excluding carboxylic acids is 1. The van der Waals surface area contributed by atoms with Crippen LogP contribution in [0.15, 0.2) is 30.3 Å². The van der Waals surface area contributed by atoms with Crippen molar-refractivity contribution in [2.24, 2.45) is 0 Å². The predicted octanol–water partition coefficient (Wildman–Crippen LogP) is 0.945. The molecule has 25 heavy (non-hydrogen) atoms. The minimum absolute atomic E-state index is 0.272. The topological polar surface area (TPSA) is 86.3 Å². The average molecular weight is 351 g/mol. The van der Waals surface area contributed by atoms with Crippen molar-refractivity contribution in [1.82, 2.24) is 5.32 Å². The highest BCUT2D eigenvalue weighted by atomic mass is 16.8. The highest BCUT2D eigenvalue weighted by Crippen LogP contribution is 2.33. The van der Waals surface area contributed by atoms with Gasteiger partial charge in [-0.25, -0.2) is 0 Å². The van der Waals surface area contributed by atoms with Gasteiger partial charge in [-0.1, -0.05) is 30.3 Å². The zero-order chi connectivity index (χ0) is 18.0. The molecule has 0 unspecified atom stereocenters. The summed E-state index contributed by atoms with van der Waals surface area (Å²) in [4.78, 5) is 11.6. The second-order valence-electron chi connectivity index (χ2n) is 6.85. The van der Waals surface area contributed by atoms with Crippen LogP contribution in [0.2, 0.25) is 0 Å². The third-order valence-corrected chi connectivity index (χ3v) is 4.32. The fourth-order valence-corrected chi connectivity index (χ4v) is 3.13. The van der Waals surface area contributed by atoms with Crippen LogP contribution in [0, 0.1) is 0 Å². The Bertz CT molecular complexity index is 592. The summed E-state index contributed by atoms with van der Waals surface area (Å²) in [5.41, 5.74) is 0.974. The summed E-state index contributed by atoms with van der Waals surface area (Å²) in [7, 11) is 0. The van der Waals surface area contributed by atoms with E-state index in [1.54, 1.807) is 13.8 Å². The maximum absolute atomic E-state index is 11.6. The van der Waals surface area contributed by atoms with Crippen molar-refractivity contribution in [2.75, 3.05) is 6.61 Å². The van der Waals surface area contributed by atoms with E-state index in [4.69, 9.17) is 18.9 Å². The van der Waals surface area contributed by atoms with Crippen LogP contribution < -0.4 is 5.32 Å². The Morgan fingerprint density at radius 1 is 1.36 bits per heavy atom. The number of carbonyl (C=O) groups is 1. The average Bonchev–Trinajstić information content (AvgIpc) is 2.57. The van der Waals surface area contributed by atoms with Gasteiger partial charge in [0.2, 0.25) is 5.91 Å². The molecular weight excluding hydrogens is 326 g/mol. The predicted molar refractivity (Wildman–Crippen MR) is 88.4 cm³/mol. The normalized spacial score (nSPS) is 34.2. The number of hydrogen-bond donors (Lipinski definition) is 2.